The minimum absolute atomic E-state index is 0.0541. The normalized spacial score (nSPS) is 26.5. The average Bonchev–Trinajstić information content (AvgIpc) is 3.39. The van der Waals surface area contributed by atoms with Crippen LogP contribution in [0.1, 0.15) is 12.0 Å². The number of methoxy groups -OCH3 is 1. The SMILES string of the molecule is COC(=O)COc1c(Cl)cc(C=NN2C(=O)C3C4C=CC(C4)C3C2=O)cc1[N+](=O)[O-]. The Morgan fingerprint density at radius 1 is 1.30 bits per heavy atom. The maximum absolute atomic E-state index is 12.6. The maximum Gasteiger partial charge on any atom is 0.343 e. The lowest BCUT2D eigenvalue weighted by Crippen LogP contribution is -2.28. The Labute approximate surface area is 175 Å². The van der Waals surface area contributed by atoms with Crippen molar-refractivity contribution in [3.05, 3.63) is 45.0 Å². The number of esters is 1. The van der Waals surface area contributed by atoms with Gasteiger partial charge in [-0.05, 0) is 24.3 Å². The number of rotatable bonds is 6. The van der Waals surface area contributed by atoms with E-state index in [0.717, 1.165) is 30.8 Å². The van der Waals surface area contributed by atoms with Crippen molar-refractivity contribution < 1.29 is 28.8 Å². The largest absolute Gasteiger partial charge is 0.474 e. The first-order chi connectivity index (χ1) is 14.3. The van der Waals surface area contributed by atoms with Gasteiger partial charge in [0.05, 0.1) is 35.1 Å². The first-order valence-electron chi connectivity index (χ1n) is 9.09. The second-order valence-corrected chi connectivity index (χ2v) is 7.61. The lowest BCUT2D eigenvalue weighted by molar-refractivity contribution is -0.385. The molecule has 30 heavy (non-hydrogen) atoms. The molecule has 0 aromatic heterocycles. The molecule has 1 heterocycles. The Hall–Kier alpha value is -3.27. The summed E-state index contributed by atoms with van der Waals surface area (Å²) in [6, 6.07) is 2.45. The van der Waals surface area contributed by atoms with Crippen LogP contribution in [-0.2, 0) is 19.1 Å². The molecule has 3 aliphatic rings. The molecule has 4 atom stereocenters. The van der Waals surface area contributed by atoms with E-state index in [1.54, 1.807) is 0 Å². The van der Waals surface area contributed by atoms with Crippen molar-refractivity contribution in [3.63, 3.8) is 0 Å². The van der Waals surface area contributed by atoms with Gasteiger partial charge in [0, 0.05) is 11.6 Å². The molecule has 2 amide bonds. The van der Waals surface area contributed by atoms with E-state index in [1.807, 2.05) is 12.2 Å². The highest BCUT2D eigenvalue weighted by atomic mass is 35.5. The van der Waals surface area contributed by atoms with Crippen LogP contribution in [0.5, 0.6) is 5.75 Å². The number of carbonyl (C=O) groups excluding carboxylic acids is 3. The van der Waals surface area contributed by atoms with Crippen LogP contribution >= 0.6 is 11.6 Å². The van der Waals surface area contributed by atoms with E-state index < -0.39 is 35.0 Å². The van der Waals surface area contributed by atoms with E-state index in [1.165, 1.54) is 6.07 Å². The van der Waals surface area contributed by atoms with Crippen molar-refractivity contribution in [2.75, 3.05) is 13.7 Å². The quantitative estimate of drug-likeness (QED) is 0.167. The predicted molar refractivity (Wildman–Crippen MR) is 103 cm³/mol. The number of hydrogen-bond acceptors (Lipinski definition) is 8. The molecular weight excluding hydrogens is 418 g/mol. The Balaban J connectivity index is 1.57. The van der Waals surface area contributed by atoms with Crippen LogP contribution in [0.3, 0.4) is 0 Å². The number of nitrogens with zero attached hydrogens (tertiary/aromatic N) is 3. The fraction of sp³-hybridized carbons (Fsp3) is 0.368. The summed E-state index contributed by atoms with van der Waals surface area (Å²) in [5.74, 6) is -2.43. The summed E-state index contributed by atoms with van der Waals surface area (Å²) in [5, 5.41) is 16.1. The topological polar surface area (TPSA) is 128 Å². The Bertz CT molecular complexity index is 992. The van der Waals surface area contributed by atoms with Crippen LogP contribution in [0.2, 0.25) is 5.02 Å². The summed E-state index contributed by atoms with van der Waals surface area (Å²) in [4.78, 5) is 47.2. The number of amides is 2. The lowest BCUT2D eigenvalue weighted by Gasteiger charge is -2.13. The number of benzene rings is 1. The number of fused-ring (bicyclic) bond motifs is 5. The van der Waals surface area contributed by atoms with Crippen LogP contribution in [0.25, 0.3) is 0 Å². The van der Waals surface area contributed by atoms with Gasteiger partial charge < -0.3 is 9.47 Å². The molecule has 4 rings (SSSR count). The van der Waals surface area contributed by atoms with Crippen LogP contribution in [0.15, 0.2) is 29.4 Å². The highest BCUT2D eigenvalue weighted by Gasteiger charge is 2.59. The number of imide groups is 1. The predicted octanol–water partition coefficient (Wildman–Crippen LogP) is 1.94. The molecule has 0 radical (unpaired) electrons. The van der Waals surface area contributed by atoms with Gasteiger partial charge >= 0.3 is 11.7 Å². The minimum atomic E-state index is -0.730. The van der Waals surface area contributed by atoms with Crippen molar-refractivity contribution in [1.29, 1.82) is 0 Å². The molecule has 0 N–H and O–H groups in total. The van der Waals surface area contributed by atoms with Gasteiger partial charge in [-0.2, -0.15) is 10.1 Å². The zero-order valence-electron chi connectivity index (χ0n) is 15.7. The molecule has 1 aromatic rings. The summed E-state index contributed by atoms with van der Waals surface area (Å²) in [7, 11) is 1.15. The average molecular weight is 434 g/mol. The van der Waals surface area contributed by atoms with E-state index in [2.05, 4.69) is 9.84 Å². The van der Waals surface area contributed by atoms with E-state index in [4.69, 9.17) is 16.3 Å². The molecule has 10 nitrogen and oxygen atoms in total. The lowest BCUT2D eigenvalue weighted by atomic mass is 9.85. The maximum atomic E-state index is 12.6. The summed E-state index contributed by atoms with van der Waals surface area (Å²) < 4.78 is 9.54. The molecule has 1 aromatic carbocycles. The van der Waals surface area contributed by atoms with Gasteiger partial charge in [-0.3, -0.25) is 19.7 Å². The first kappa shape index (κ1) is 20.0. The fourth-order valence-electron chi connectivity index (χ4n) is 4.27. The first-order valence-corrected chi connectivity index (χ1v) is 9.47. The molecule has 1 aliphatic heterocycles. The molecule has 1 saturated heterocycles. The van der Waals surface area contributed by atoms with Crippen molar-refractivity contribution in [3.8, 4) is 5.75 Å². The molecule has 156 valence electrons. The Morgan fingerprint density at radius 2 is 1.93 bits per heavy atom. The van der Waals surface area contributed by atoms with Gasteiger partial charge in [-0.1, -0.05) is 23.8 Å². The Morgan fingerprint density at radius 3 is 2.50 bits per heavy atom. The van der Waals surface area contributed by atoms with Crippen LogP contribution in [0.4, 0.5) is 5.69 Å². The second-order valence-electron chi connectivity index (χ2n) is 7.21. The van der Waals surface area contributed by atoms with E-state index in [0.29, 0.717) is 0 Å². The third-order valence-corrected chi connectivity index (χ3v) is 5.86. The third-order valence-electron chi connectivity index (χ3n) is 5.57. The smallest absolute Gasteiger partial charge is 0.343 e. The summed E-state index contributed by atoms with van der Waals surface area (Å²) in [6.07, 6.45) is 5.91. The number of ether oxygens (including phenoxy) is 2. The number of allylic oxidation sites excluding steroid dienone is 2. The fourth-order valence-corrected chi connectivity index (χ4v) is 4.54. The molecule has 1 saturated carbocycles. The summed E-state index contributed by atoms with van der Waals surface area (Å²) >= 11 is 6.08. The van der Waals surface area contributed by atoms with Gasteiger partial charge in [0.15, 0.2) is 6.61 Å². The number of carbonyl (C=O) groups is 3. The standard InChI is InChI=1S/C19H16ClN3O7/c1-29-14(24)8-30-17-12(20)4-9(5-13(17)23(27)28)7-21-22-18(25)15-10-2-3-11(6-10)16(15)19(22)26/h2-5,7,10-11,15-16H,6,8H2,1H3. The van der Waals surface area contributed by atoms with Crippen LogP contribution in [-0.4, -0.2) is 47.6 Å². The molecule has 2 bridgehead atoms. The number of nitro benzene ring substituents is 1. The zero-order valence-corrected chi connectivity index (χ0v) is 16.4. The highest BCUT2D eigenvalue weighted by Crippen LogP contribution is 2.52. The van der Waals surface area contributed by atoms with Gasteiger partial charge in [0.1, 0.15) is 0 Å². The van der Waals surface area contributed by atoms with Crippen LogP contribution < -0.4 is 4.74 Å². The molecule has 0 spiro atoms. The van der Waals surface area contributed by atoms with E-state index in [9.17, 15) is 24.5 Å². The van der Waals surface area contributed by atoms with Crippen molar-refractivity contribution >= 4 is 41.3 Å². The summed E-state index contributed by atoms with van der Waals surface area (Å²) in [6.45, 7) is -0.555. The molecule has 2 aliphatic carbocycles. The summed E-state index contributed by atoms with van der Waals surface area (Å²) in [5.41, 5.74) is -0.304. The zero-order chi connectivity index (χ0) is 21.6. The number of nitro groups is 1. The van der Waals surface area contributed by atoms with Crippen molar-refractivity contribution in [2.45, 2.75) is 6.42 Å². The molecule has 11 heteroatoms. The molecular formula is C19H16ClN3O7. The van der Waals surface area contributed by atoms with E-state index in [-0.39, 0.29) is 40.0 Å². The molecule has 2 fully saturated rings. The van der Waals surface area contributed by atoms with Crippen molar-refractivity contribution in [2.24, 2.45) is 28.8 Å². The number of halogens is 1. The van der Waals surface area contributed by atoms with Crippen molar-refractivity contribution in [1.82, 2.24) is 5.01 Å². The van der Waals surface area contributed by atoms with E-state index >= 15 is 0 Å². The third kappa shape index (κ3) is 3.22. The monoisotopic (exact) mass is 433 g/mol. The molecule has 4 unspecified atom stereocenters. The highest BCUT2D eigenvalue weighted by molar-refractivity contribution is 6.32. The number of hydrazone groups is 1. The minimum Gasteiger partial charge on any atom is -0.474 e. The Kier molecular flexibility index (Phi) is 5.02. The van der Waals surface area contributed by atoms with Gasteiger partial charge in [0.25, 0.3) is 11.8 Å². The second kappa shape index (κ2) is 7.52. The van der Waals surface area contributed by atoms with Gasteiger partial charge in [-0.25, -0.2) is 4.79 Å². The van der Waals surface area contributed by atoms with Crippen LogP contribution in [0, 0.1) is 33.8 Å². The van der Waals surface area contributed by atoms with Gasteiger partial charge in [0.2, 0.25) is 5.75 Å². The van der Waals surface area contributed by atoms with Gasteiger partial charge in [-0.15, -0.1) is 0 Å². The number of hydrogen-bond donors (Lipinski definition) is 0.